The molecular weight excluding hydrogens is 235 g/mol. The van der Waals surface area contributed by atoms with E-state index in [1.165, 1.54) is 6.20 Å². The predicted molar refractivity (Wildman–Crippen MR) is 60.2 cm³/mol. The molecule has 1 aromatic rings. The minimum atomic E-state index is 0.157. The summed E-state index contributed by atoms with van der Waals surface area (Å²) >= 11 is 11.6. The molecule has 0 unspecified atom stereocenters. The molecule has 4 nitrogen and oxygen atoms in total. The van der Waals surface area contributed by atoms with Gasteiger partial charge in [0.1, 0.15) is 5.02 Å². The number of anilines is 1. The molecule has 0 aliphatic rings. The van der Waals surface area contributed by atoms with E-state index >= 15 is 0 Å². The standard InChI is InChI=1S/C9H10Cl2N4/c1-2-15(5-3-4-12)8-7(10)6-13-9(11)14-8/h6H,2-3,5H2,1H3. The molecule has 0 spiro atoms. The SMILES string of the molecule is CCN(CCC#N)c1nc(Cl)ncc1Cl. The van der Waals surface area contributed by atoms with Gasteiger partial charge in [0, 0.05) is 13.1 Å². The first-order valence-corrected chi connectivity index (χ1v) is 5.24. The van der Waals surface area contributed by atoms with Crippen LogP contribution in [0.5, 0.6) is 0 Å². The minimum Gasteiger partial charge on any atom is -0.354 e. The molecule has 0 aliphatic heterocycles. The first-order valence-electron chi connectivity index (χ1n) is 4.49. The zero-order chi connectivity index (χ0) is 11.3. The Balaban J connectivity index is 2.91. The Labute approximate surface area is 98.5 Å². The molecule has 15 heavy (non-hydrogen) atoms. The van der Waals surface area contributed by atoms with Gasteiger partial charge < -0.3 is 4.90 Å². The van der Waals surface area contributed by atoms with Crippen LogP contribution < -0.4 is 4.90 Å². The topological polar surface area (TPSA) is 52.8 Å². The molecule has 1 rings (SSSR count). The lowest BCUT2D eigenvalue weighted by molar-refractivity contribution is 0.808. The van der Waals surface area contributed by atoms with Crippen LogP contribution in [0.4, 0.5) is 5.82 Å². The summed E-state index contributed by atoms with van der Waals surface area (Å²) in [5, 5.41) is 9.11. The third kappa shape index (κ3) is 3.22. The van der Waals surface area contributed by atoms with Crippen molar-refractivity contribution in [2.45, 2.75) is 13.3 Å². The van der Waals surface area contributed by atoms with Gasteiger partial charge >= 0.3 is 0 Å². The number of rotatable bonds is 4. The Morgan fingerprint density at radius 3 is 2.87 bits per heavy atom. The van der Waals surface area contributed by atoms with Crippen molar-refractivity contribution in [3.8, 4) is 6.07 Å². The fourth-order valence-electron chi connectivity index (χ4n) is 1.16. The highest BCUT2D eigenvalue weighted by Gasteiger charge is 2.11. The number of hydrogen-bond donors (Lipinski definition) is 0. The van der Waals surface area contributed by atoms with Crippen LogP contribution in [0, 0.1) is 11.3 Å². The van der Waals surface area contributed by atoms with Crippen molar-refractivity contribution >= 4 is 29.0 Å². The quantitative estimate of drug-likeness (QED) is 0.765. The lowest BCUT2D eigenvalue weighted by atomic mass is 10.4. The van der Waals surface area contributed by atoms with Gasteiger partial charge in [-0.3, -0.25) is 0 Å². The van der Waals surface area contributed by atoms with Gasteiger partial charge in [-0.2, -0.15) is 10.2 Å². The Hall–Kier alpha value is -1.05. The van der Waals surface area contributed by atoms with Crippen molar-refractivity contribution in [2.75, 3.05) is 18.0 Å². The van der Waals surface area contributed by atoms with Crippen molar-refractivity contribution in [3.63, 3.8) is 0 Å². The third-order valence-corrected chi connectivity index (χ3v) is 2.32. The van der Waals surface area contributed by atoms with Crippen LogP contribution >= 0.6 is 23.2 Å². The maximum atomic E-state index is 8.51. The molecule has 0 atom stereocenters. The first kappa shape index (κ1) is 12.0. The lowest BCUT2D eigenvalue weighted by Crippen LogP contribution is -2.25. The summed E-state index contributed by atoms with van der Waals surface area (Å²) in [7, 11) is 0. The van der Waals surface area contributed by atoms with E-state index in [1.54, 1.807) is 0 Å². The molecule has 0 bridgehead atoms. The van der Waals surface area contributed by atoms with E-state index in [9.17, 15) is 0 Å². The van der Waals surface area contributed by atoms with Crippen LogP contribution in [0.1, 0.15) is 13.3 Å². The average Bonchev–Trinajstić information content (AvgIpc) is 2.24. The summed E-state index contributed by atoms with van der Waals surface area (Å²) in [6.45, 7) is 3.26. The highest BCUT2D eigenvalue weighted by Crippen LogP contribution is 2.23. The van der Waals surface area contributed by atoms with E-state index in [0.717, 1.165) is 6.54 Å². The third-order valence-electron chi connectivity index (χ3n) is 1.87. The Bertz CT molecular complexity index is 375. The van der Waals surface area contributed by atoms with Gasteiger partial charge in [-0.05, 0) is 18.5 Å². The Kier molecular flexibility index (Phi) is 4.60. The molecule has 0 radical (unpaired) electrons. The monoisotopic (exact) mass is 244 g/mol. The van der Waals surface area contributed by atoms with Crippen LogP contribution in [-0.2, 0) is 0 Å². The normalized spacial score (nSPS) is 9.73. The average molecular weight is 245 g/mol. The number of nitriles is 1. The summed E-state index contributed by atoms with van der Waals surface area (Å²) in [6, 6.07) is 2.08. The van der Waals surface area contributed by atoms with Crippen LogP contribution in [0.2, 0.25) is 10.3 Å². The van der Waals surface area contributed by atoms with E-state index in [4.69, 9.17) is 28.5 Å². The maximum Gasteiger partial charge on any atom is 0.224 e. The Morgan fingerprint density at radius 1 is 1.53 bits per heavy atom. The van der Waals surface area contributed by atoms with E-state index in [1.807, 2.05) is 11.8 Å². The smallest absolute Gasteiger partial charge is 0.224 e. The van der Waals surface area contributed by atoms with Gasteiger partial charge in [-0.1, -0.05) is 11.6 Å². The van der Waals surface area contributed by atoms with Gasteiger partial charge in [0.05, 0.1) is 18.7 Å². The van der Waals surface area contributed by atoms with Crippen LogP contribution in [0.25, 0.3) is 0 Å². The second-order valence-electron chi connectivity index (χ2n) is 2.80. The summed E-state index contributed by atoms with van der Waals surface area (Å²) in [6.07, 6.45) is 1.88. The summed E-state index contributed by atoms with van der Waals surface area (Å²) < 4.78 is 0. The van der Waals surface area contributed by atoms with Crippen LogP contribution in [-0.4, -0.2) is 23.1 Å². The van der Waals surface area contributed by atoms with E-state index in [2.05, 4.69) is 16.0 Å². The van der Waals surface area contributed by atoms with Crippen molar-refractivity contribution in [2.24, 2.45) is 0 Å². The van der Waals surface area contributed by atoms with Gasteiger partial charge in [-0.15, -0.1) is 0 Å². The molecule has 0 saturated carbocycles. The van der Waals surface area contributed by atoms with Gasteiger partial charge in [0.2, 0.25) is 5.28 Å². The molecule has 0 aliphatic carbocycles. The number of aromatic nitrogens is 2. The molecule has 0 fully saturated rings. The number of nitrogens with zero attached hydrogens (tertiary/aromatic N) is 4. The van der Waals surface area contributed by atoms with E-state index in [0.29, 0.717) is 23.8 Å². The summed E-state index contributed by atoms with van der Waals surface area (Å²) in [5.41, 5.74) is 0. The fraction of sp³-hybridized carbons (Fsp3) is 0.444. The van der Waals surface area contributed by atoms with Crippen molar-refractivity contribution in [1.82, 2.24) is 9.97 Å². The maximum absolute atomic E-state index is 8.51. The minimum absolute atomic E-state index is 0.157. The number of hydrogen-bond acceptors (Lipinski definition) is 4. The summed E-state index contributed by atoms with van der Waals surface area (Å²) in [5.74, 6) is 0.578. The molecule has 0 saturated heterocycles. The van der Waals surface area contributed by atoms with Crippen LogP contribution in [0.3, 0.4) is 0 Å². The number of halogens is 2. The molecule has 0 N–H and O–H groups in total. The van der Waals surface area contributed by atoms with E-state index < -0.39 is 0 Å². The second kappa shape index (κ2) is 5.74. The highest BCUT2D eigenvalue weighted by molar-refractivity contribution is 6.33. The van der Waals surface area contributed by atoms with Crippen molar-refractivity contribution < 1.29 is 0 Å². The van der Waals surface area contributed by atoms with Crippen molar-refractivity contribution in [1.29, 1.82) is 5.26 Å². The molecule has 1 aromatic heterocycles. The molecule has 6 heteroatoms. The summed E-state index contributed by atoms with van der Waals surface area (Å²) in [4.78, 5) is 9.69. The largest absolute Gasteiger partial charge is 0.354 e. The molecule has 80 valence electrons. The fourth-order valence-corrected chi connectivity index (χ4v) is 1.50. The van der Waals surface area contributed by atoms with Gasteiger partial charge in [0.25, 0.3) is 0 Å². The Morgan fingerprint density at radius 2 is 2.27 bits per heavy atom. The van der Waals surface area contributed by atoms with Gasteiger partial charge in [-0.25, -0.2) is 4.98 Å². The van der Waals surface area contributed by atoms with Crippen LogP contribution in [0.15, 0.2) is 6.20 Å². The molecule has 0 amide bonds. The lowest BCUT2D eigenvalue weighted by Gasteiger charge is -2.21. The predicted octanol–water partition coefficient (Wildman–Crippen LogP) is 2.52. The van der Waals surface area contributed by atoms with Gasteiger partial charge in [0.15, 0.2) is 5.82 Å². The zero-order valence-electron chi connectivity index (χ0n) is 8.24. The second-order valence-corrected chi connectivity index (χ2v) is 3.54. The zero-order valence-corrected chi connectivity index (χ0v) is 9.76. The molecule has 0 aromatic carbocycles. The first-order chi connectivity index (χ1) is 7.19. The van der Waals surface area contributed by atoms with Crippen molar-refractivity contribution in [3.05, 3.63) is 16.5 Å². The molecule has 1 heterocycles. The van der Waals surface area contributed by atoms with E-state index in [-0.39, 0.29) is 5.28 Å². The molecular formula is C9H10Cl2N4. The highest BCUT2D eigenvalue weighted by atomic mass is 35.5.